The summed E-state index contributed by atoms with van der Waals surface area (Å²) >= 11 is 0. The number of hydrogen-bond donors (Lipinski definition) is 14. The first kappa shape index (κ1) is 90.3. The molecule has 1 spiro atoms. The molecule has 0 saturated carbocycles. The SMILES string of the molecule is CNC(C)C(=O)NC(C(=O)N1CCCC12C(=O)NC(Cc1ccc3ccccc3c1)C(=O)NC(C(=O)O)Cc1ccc(cc1)OCc1cn(nn1)C1CC[N+](C=N)(C(=O)C(NC(=O)C(C)NC)C(C)(C)C)C1C(=O)NC(Cc1ccc3ccccc3c1)C(=O)NC(C(=O)NCCC(O)CC(O)CC(=O)O)Cc1ccc(cc1)OCc1cn2nn1)C(C)C. The third kappa shape index (κ3) is 21.6. The normalized spacial score (nSPS) is 22.2. The Morgan fingerprint density at radius 1 is 0.656 bits per heavy atom. The molecule has 2 saturated heterocycles. The average Bonchev–Trinajstić information content (AvgIpc) is 1.46. The maximum atomic E-state index is 16.1. The number of likely N-dealkylation sites (N-methyl/N-ethyl adjacent to an activating group) is 2. The van der Waals surface area contributed by atoms with E-state index in [0.717, 1.165) is 27.9 Å². The summed E-state index contributed by atoms with van der Waals surface area (Å²) in [4.78, 5) is 163. The van der Waals surface area contributed by atoms with Crippen LogP contribution in [-0.4, -0.2) is 232 Å². The number of carbonyl (C=O) groups is 11. The molecule has 8 bridgehead atoms. The predicted molar refractivity (Wildman–Crippen MR) is 447 cm³/mol. The minimum atomic E-state index is -2.10. The van der Waals surface area contributed by atoms with Gasteiger partial charge in [0.15, 0.2) is 6.34 Å². The Kier molecular flexibility index (Phi) is 29.5. The van der Waals surface area contributed by atoms with Crippen molar-refractivity contribution in [3.63, 3.8) is 0 Å². The van der Waals surface area contributed by atoms with E-state index < -0.39 is 166 Å². The first-order valence-electron chi connectivity index (χ1n) is 40.9. The number of ether oxygens (including phenoxy) is 2. The van der Waals surface area contributed by atoms with Gasteiger partial charge >= 0.3 is 17.8 Å². The smallest absolute Gasteiger partial charge is 0.343 e. The fourth-order valence-electron chi connectivity index (χ4n) is 15.7. The molecule has 2 aromatic heterocycles. The molecule has 14 rings (SSSR count). The fourth-order valence-corrected chi connectivity index (χ4v) is 15.7. The lowest BCUT2D eigenvalue weighted by Crippen LogP contribution is -2.69. The van der Waals surface area contributed by atoms with Crippen molar-refractivity contribution in [1.82, 2.24) is 82.7 Å². The molecular formula is C87H109N18O17+. The van der Waals surface area contributed by atoms with Gasteiger partial charge in [-0.15, -0.1) is 10.2 Å². The second-order valence-electron chi connectivity index (χ2n) is 33.0. The molecule has 35 heteroatoms. The van der Waals surface area contributed by atoms with Crippen LogP contribution >= 0.6 is 0 Å². The molecule has 8 aromatic rings. The number of aliphatic hydroxyl groups excluding tert-OH is 2. The van der Waals surface area contributed by atoms with E-state index in [2.05, 4.69) is 68.5 Å². The van der Waals surface area contributed by atoms with E-state index in [9.17, 15) is 49.8 Å². The summed E-state index contributed by atoms with van der Waals surface area (Å²) in [6.45, 7) is 10.9. The molecule has 6 aliphatic rings. The van der Waals surface area contributed by atoms with Gasteiger partial charge in [-0.05, 0) is 127 Å². The van der Waals surface area contributed by atoms with Crippen molar-refractivity contribution in [2.45, 2.75) is 204 Å². The van der Waals surface area contributed by atoms with Crippen LogP contribution in [0.3, 0.4) is 0 Å². The van der Waals surface area contributed by atoms with Crippen molar-refractivity contribution in [2.75, 3.05) is 33.7 Å². The number of carboxylic acids is 2. The number of aliphatic carboxylic acids is 2. The van der Waals surface area contributed by atoms with Gasteiger partial charge in [0.25, 0.3) is 11.8 Å². The van der Waals surface area contributed by atoms with Crippen molar-refractivity contribution in [1.29, 1.82) is 5.41 Å². The van der Waals surface area contributed by atoms with E-state index in [1.165, 1.54) is 26.7 Å². The molecule has 14 atom stereocenters. The van der Waals surface area contributed by atoms with Crippen LogP contribution in [-0.2, 0) is 97.3 Å². The zero-order valence-electron chi connectivity index (χ0n) is 69.7. The zero-order chi connectivity index (χ0) is 87.9. The lowest BCUT2D eigenvalue weighted by molar-refractivity contribution is -0.764. The summed E-state index contributed by atoms with van der Waals surface area (Å²) in [6.07, 6.45) is -0.763. The van der Waals surface area contributed by atoms with Crippen molar-refractivity contribution in [3.8, 4) is 11.5 Å². The number of amides is 9. The van der Waals surface area contributed by atoms with Crippen LogP contribution in [0.2, 0.25) is 0 Å². The quantitative estimate of drug-likeness (QED) is 0.0248. The van der Waals surface area contributed by atoms with Crippen molar-refractivity contribution < 1.29 is 87.1 Å². The second-order valence-corrected chi connectivity index (χ2v) is 33.0. The van der Waals surface area contributed by atoms with Crippen LogP contribution in [0.1, 0.15) is 127 Å². The zero-order valence-corrected chi connectivity index (χ0v) is 69.7. The Bertz CT molecular complexity index is 5130. The molecule has 6 aliphatic heterocycles. The van der Waals surface area contributed by atoms with E-state index in [4.69, 9.17) is 9.47 Å². The van der Waals surface area contributed by atoms with Gasteiger partial charge in [-0.3, -0.25) is 48.6 Å². The van der Waals surface area contributed by atoms with Crippen molar-refractivity contribution >= 4 is 93.0 Å². The maximum Gasteiger partial charge on any atom is 0.343 e. The molecule has 122 heavy (non-hydrogen) atoms. The van der Waals surface area contributed by atoms with Crippen LogP contribution in [0, 0.1) is 16.7 Å². The summed E-state index contributed by atoms with van der Waals surface area (Å²) in [6, 6.07) is 25.8. The van der Waals surface area contributed by atoms with Crippen LogP contribution in [0.25, 0.3) is 21.5 Å². The second kappa shape index (κ2) is 39.8. The molecule has 9 amide bonds. The molecule has 8 heterocycles. The number of carboxylic acid groups (broad SMARTS) is 2. The van der Waals surface area contributed by atoms with Crippen LogP contribution in [0.4, 0.5) is 0 Å². The van der Waals surface area contributed by atoms with E-state index in [0.29, 0.717) is 22.3 Å². The maximum absolute atomic E-state index is 16.1. The number of rotatable bonds is 23. The third-order valence-corrected chi connectivity index (χ3v) is 22.9. The average molecular weight is 1680 g/mol. The highest BCUT2D eigenvalue weighted by Crippen LogP contribution is 2.40. The van der Waals surface area contributed by atoms with E-state index >= 15 is 28.8 Å². The Morgan fingerprint density at radius 3 is 1.73 bits per heavy atom. The fraction of sp³-hybridized carbons (Fsp3) is 0.448. The van der Waals surface area contributed by atoms with Gasteiger partial charge in [0.05, 0.1) is 49.7 Å². The minimum Gasteiger partial charge on any atom is -0.487 e. The van der Waals surface area contributed by atoms with Gasteiger partial charge in [-0.1, -0.05) is 154 Å². The van der Waals surface area contributed by atoms with Crippen molar-refractivity contribution in [2.24, 2.45) is 11.3 Å². The molecular weight excluding hydrogens is 1570 g/mol. The largest absolute Gasteiger partial charge is 0.487 e. The number of nitrogens with one attached hydrogen (secondary N) is 10. The number of likely N-dealkylation sites (tertiary alicyclic amines) is 2. The Morgan fingerprint density at radius 2 is 1.19 bits per heavy atom. The summed E-state index contributed by atoms with van der Waals surface area (Å²) in [7, 11) is 3.17. The molecule has 35 nitrogen and oxygen atoms in total. The molecule has 0 radical (unpaired) electrons. The molecule has 6 aromatic carbocycles. The Balaban J connectivity index is 0.996. The number of aliphatic hydroxyl groups is 2. The van der Waals surface area contributed by atoms with Crippen LogP contribution in [0.15, 0.2) is 146 Å². The summed E-state index contributed by atoms with van der Waals surface area (Å²) in [5.41, 5.74) is -0.728. The number of aromatic nitrogens is 6. The minimum absolute atomic E-state index is 0.00280. The highest BCUT2D eigenvalue weighted by Gasteiger charge is 2.61. The predicted octanol–water partition coefficient (Wildman–Crippen LogP) is 3.16. The molecule has 14 N–H and O–H groups in total. The summed E-state index contributed by atoms with van der Waals surface area (Å²) in [5, 5.41) is 97.7. The van der Waals surface area contributed by atoms with E-state index in [1.807, 2.05) is 72.8 Å². The molecule has 0 aliphatic carbocycles. The lowest BCUT2D eigenvalue weighted by Gasteiger charge is -2.40. The Hall–Kier alpha value is -12.4. The van der Waals surface area contributed by atoms with E-state index in [-0.39, 0.29) is 114 Å². The summed E-state index contributed by atoms with van der Waals surface area (Å²) in [5.74, 6) is -9.44. The standard InChI is InChI=1S/C87H108N18O17/c1-50(2)73(96-76(110)51(3)89-8)82(116)102-35-14-33-87(102)85(120)95-69(42-56-20-26-58-16-11-13-18-60(58)38-56)80(114)94-70(84(118)119)40-54-23-29-65(30-24-54)121-47-61-45-103(100-98-61)71-32-36-105(49-88,83(117)75(86(5,6)7)97-77(111)52(4)90-9)74(71)81(115)93-68(41-55-19-25-57-15-10-12-17-59(57)37-55)79(113)92-67(78(112)91-34-31-63(106)43-64(107)44-72(108)109)39-53-21-27-66(28-22-53)122-48-62-46-104(87)101-99-62/h10-13,15-30,37-38,45-46,49-52,63-64,67-71,73-75,88-90,106-107H,14,31-36,39-44,47-48H2,1-9H3,(H8-,91,92,93,94,95,96,97,108,109,110,111,112,113,114,115,118,119,120)/p+1. The van der Waals surface area contributed by atoms with Gasteiger partial charge in [-0.25, -0.2) is 23.4 Å². The van der Waals surface area contributed by atoms with Crippen LogP contribution in [0.5, 0.6) is 11.5 Å². The number of fused-ring (bicyclic) bond motifs is 2. The van der Waals surface area contributed by atoms with Gasteiger partial charge < -0.3 is 82.7 Å². The monoisotopic (exact) mass is 1680 g/mol. The topological polar surface area (TPSA) is 484 Å². The number of benzene rings is 6. The van der Waals surface area contributed by atoms with Gasteiger partial charge in [0.2, 0.25) is 47.1 Å². The highest BCUT2D eigenvalue weighted by atomic mass is 16.5. The molecule has 648 valence electrons. The Labute approximate surface area is 705 Å². The molecule has 14 unspecified atom stereocenters. The summed E-state index contributed by atoms with van der Waals surface area (Å²) < 4.78 is 14.2. The number of nitrogens with zero attached hydrogens (tertiary/aromatic N) is 8. The molecule has 2 fully saturated rings. The van der Waals surface area contributed by atoms with Gasteiger partial charge in [0, 0.05) is 51.6 Å². The number of quaternary nitrogens is 1. The van der Waals surface area contributed by atoms with Crippen molar-refractivity contribution in [3.05, 3.63) is 179 Å². The van der Waals surface area contributed by atoms with Gasteiger partial charge in [0.1, 0.15) is 78.4 Å². The third-order valence-electron chi connectivity index (χ3n) is 22.9. The van der Waals surface area contributed by atoms with Crippen LogP contribution < -0.4 is 57.3 Å². The number of hydrogen-bond acceptors (Lipinski definition) is 22. The highest BCUT2D eigenvalue weighted by molar-refractivity contribution is 5.99. The van der Waals surface area contributed by atoms with Gasteiger partial charge in [-0.2, -0.15) is 0 Å². The lowest BCUT2D eigenvalue weighted by atomic mass is 9.84. The first-order chi connectivity index (χ1) is 58.2. The first-order valence-corrected chi connectivity index (χ1v) is 40.9. The van der Waals surface area contributed by atoms with E-state index in [1.54, 1.807) is 123 Å². The number of carbonyl (C=O) groups excluding carboxylic acids is 9.